The van der Waals surface area contributed by atoms with E-state index in [4.69, 9.17) is 0 Å². The molecule has 0 saturated carbocycles. The molecule has 0 saturated heterocycles. The monoisotopic (exact) mass is 379 g/mol. The van der Waals surface area contributed by atoms with Gasteiger partial charge in [-0.05, 0) is 44.5 Å². The Morgan fingerprint density at radius 3 is 2.46 bits per heavy atom. The summed E-state index contributed by atoms with van der Waals surface area (Å²) in [5.74, 6) is -0.429. The number of carbonyl (C=O) groups excluding carboxylic acids is 2. The van der Waals surface area contributed by atoms with E-state index in [0.29, 0.717) is 22.6 Å². The molecular formula is C21H25N5O2. The van der Waals surface area contributed by atoms with Gasteiger partial charge in [0.05, 0.1) is 16.6 Å². The lowest BCUT2D eigenvalue weighted by Gasteiger charge is -2.13. The molecule has 1 aromatic carbocycles. The summed E-state index contributed by atoms with van der Waals surface area (Å²) < 4.78 is 1.68. The van der Waals surface area contributed by atoms with Crippen molar-refractivity contribution in [1.29, 1.82) is 0 Å². The molecule has 0 aliphatic heterocycles. The second-order valence-corrected chi connectivity index (χ2v) is 7.35. The van der Waals surface area contributed by atoms with Crippen LogP contribution >= 0.6 is 0 Å². The van der Waals surface area contributed by atoms with Gasteiger partial charge in [-0.3, -0.25) is 14.3 Å². The molecule has 0 aliphatic carbocycles. The summed E-state index contributed by atoms with van der Waals surface area (Å²) >= 11 is 0. The average molecular weight is 379 g/mol. The molecule has 0 atom stereocenters. The molecule has 3 aromatic rings. The fraction of sp³-hybridized carbons (Fsp3) is 0.333. The Morgan fingerprint density at radius 1 is 1.07 bits per heavy atom. The zero-order valence-electron chi connectivity index (χ0n) is 17.0. The van der Waals surface area contributed by atoms with Gasteiger partial charge in [0.15, 0.2) is 5.65 Å². The summed E-state index contributed by atoms with van der Waals surface area (Å²) in [4.78, 5) is 29.5. The standard InChI is InChI=1S/C21H25N5O2/c1-11(2)20(27)23-15-8-7-12(3)17(10-15)24-21(28)16-9-13(4)22-19-18(16)14(5)25-26(19)6/h7-11H,1-6H3,(H,23,27)(H,24,28). The lowest BCUT2D eigenvalue weighted by Crippen LogP contribution is -2.18. The summed E-state index contributed by atoms with van der Waals surface area (Å²) in [5, 5.41) is 11.0. The third kappa shape index (κ3) is 3.74. The molecular weight excluding hydrogens is 354 g/mol. The number of aryl methyl sites for hydroxylation is 4. The van der Waals surface area contributed by atoms with E-state index in [2.05, 4.69) is 20.7 Å². The fourth-order valence-electron chi connectivity index (χ4n) is 3.06. The summed E-state index contributed by atoms with van der Waals surface area (Å²) in [6.07, 6.45) is 0. The number of carbonyl (C=O) groups is 2. The van der Waals surface area contributed by atoms with Gasteiger partial charge in [-0.1, -0.05) is 19.9 Å². The van der Waals surface area contributed by atoms with E-state index >= 15 is 0 Å². The third-order valence-electron chi connectivity index (χ3n) is 4.62. The molecule has 0 aliphatic rings. The Hall–Kier alpha value is -3.22. The van der Waals surface area contributed by atoms with Crippen LogP contribution in [0.25, 0.3) is 11.0 Å². The van der Waals surface area contributed by atoms with Gasteiger partial charge in [-0.25, -0.2) is 4.98 Å². The minimum absolute atomic E-state index is 0.0708. The van der Waals surface area contributed by atoms with Crippen LogP contribution < -0.4 is 10.6 Å². The van der Waals surface area contributed by atoms with Gasteiger partial charge in [-0.2, -0.15) is 5.10 Å². The summed E-state index contributed by atoms with van der Waals surface area (Å²) in [7, 11) is 1.81. The lowest BCUT2D eigenvalue weighted by molar-refractivity contribution is -0.118. The van der Waals surface area contributed by atoms with Crippen molar-refractivity contribution in [3.8, 4) is 0 Å². The van der Waals surface area contributed by atoms with Gasteiger partial charge in [-0.15, -0.1) is 0 Å². The van der Waals surface area contributed by atoms with E-state index in [-0.39, 0.29) is 17.7 Å². The van der Waals surface area contributed by atoms with Crippen molar-refractivity contribution in [3.63, 3.8) is 0 Å². The number of amides is 2. The topological polar surface area (TPSA) is 88.9 Å². The Labute approximate surface area is 164 Å². The molecule has 0 spiro atoms. The summed E-state index contributed by atoms with van der Waals surface area (Å²) in [6.45, 7) is 9.29. The number of rotatable bonds is 4. The first-order chi connectivity index (χ1) is 13.2. The molecule has 2 amide bonds. The van der Waals surface area contributed by atoms with Crippen molar-refractivity contribution in [1.82, 2.24) is 14.8 Å². The van der Waals surface area contributed by atoms with Gasteiger partial charge < -0.3 is 10.6 Å². The first kappa shape index (κ1) is 19.5. The highest BCUT2D eigenvalue weighted by Gasteiger charge is 2.18. The van der Waals surface area contributed by atoms with Crippen LogP contribution in [0.1, 0.15) is 41.2 Å². The van der Waals surface area contributed by atoms with E-state index < -0.39 is 0 Å². The van der Waals surface area contributed by atoms with Crippen LogP contribution in [0.15, 0.2) is 24.3 Å². The summed E-state index contributed by atoms with van der Waals surface area (Å²) in [5.41, 5.74) is 4.91. The maximum absolute atomic E-state index is 13.1. The molecule has 3 rings (SSSR count). The number of pyridine rings is 1. The van der Waals surface area contributed by atoms with Crippen molar-refractivity contribution >= 4 is 34.2 Å². The Bertz CT molecular complexity index is 1080. The molecule has 2 heterocycles. The van der Waals surface area contributed by atoms with E-state index in [0.717, 1.165) is 22.3 Å². The molecule has 7 heteroatoms. The predicted octanol–water partition coefficient (Wildman–Crippen LogP) is 3.74. The largest absolute Gasteiger partial charge is 0.326 e. The van der Waals surface area contributed by atoms with E-state index in [9.17, 15) is 9.59 Å². The SMILES string of the molecule is Cc1cc(C(=O)Nc2cc(NC(=O)C(C)C)ccc2C)c2c(C)nn(C)c2n1. The van der Waals surface area contributed by atoms with Crippen molar-refractivity contribution in [2.45, 2.75) is 34.6 Å². The third-order valence-corrected chi connectivity index (χ3v) is 4.62. The van der Waals surface area contributed by atoms with Crippen LogP contribution in [0.5, 0.6) is 0 Å². The minimum atomic E-state index is -0.234. The quantitative estimate of drug-likeness (QED) is 0.723. The zero-order valence-corrected chi connectivity index (χ0v) is 17.0. The normalized spacial score (nSPS) is 11.1. The highest BCUT2D eigenvalue weighted by atomic mass is 16.2. The Morgan fingerprint density at radius 2 is 1.79 bits per heavy atom. The molecule has 0 radical (unpaired) electrons. The van der Waals surface area contributed by atoms with Crippen molar-refractivity contribution in [2.75, 3.05) is 10.6 Å². The number of anilines is 2. The fourth-order valence-corrected chi connectivity index (χ4v) is 3.06. The van der Waals surface area contributed by atoms with E-state index in [1.54, 1.807) is 16.8 Å². The van der Waals surface area contributed by atoms with Gasteiger partial charge in [0, 0.05) is 30.0 Å². The van der Waals surface area contributed by atoms with Crippen LogP contribution in [0.3, 0.4) is 0 Å². The summed E-state index contributed by atoms with van der Waals surface area (Å²) in [6, 6.07) is 7.24. The number of fused-ring (bicyclic) bond motifs is 1. The molecule has 0 fully saturated rings. The van der Waals surface area contributed by atoms with Crippen LogP contribution in [-0.2, 0) is 11.8 Å². The van der Waals surface area contributed by atoms with Gasteiger partial charge in [0.2, 0.25) is 5.91 Å². The Kier molecular flexibility index (Phi) is 5.18. The molecule has 2 aromatic heterocycles. The first-order valence-corrected chi connectivity index (χ1v) is 9.21. The van der Waals surface area contributed by atoms with Gasteiger partial charge in [0.1, 0.15) is 0 Å². The Balaban J connectivity index is 1.96. The zero-order chi connectivity index (χ0) is 20.6. The predicted molar refractivity (Wildman–Crippen MR) is 111 cm³/mol. The maximum atomic E-state index is 13.1. The number of nitrogens with zero attached hydrogens (tertiary/aromatic N) is 3. The number of hydrogen-bond donors (Lipinski definition) is 2. The number of aromatic nitrogens is 3. The molecule has 146 valence electrons. The van der Waals surface area contributed by atoms with Crippen molar-refractivity contribution < 1.29 is 9.59 Å². The molecule has 0 unspecified atom stereocenters. The molecule has 28 heavy (non-hydrogen) atoms. The highest BCUT2D eigenvalue weighted by molar-refractivity contribution is 6.13. The van der Waals surface area contributed by atoms with Crippen LogP contribution in [0.2, 0.25) is 0 Å². The van der Waals surface area contributed by atoms with E-state index in [1.165, 1.54) is 0 Å². The van der Waals surface area contributed by atoms with Gasteiger partial charge in [0.25, 0.3) is 5.91 Å². The van der Waals surface area contributed by atoms with Gasteiger partial charge >= 0.3 is 0 Å². The second kappa shape index (κ2) is 7.42. The van der Waals surface area contributed by atoms with Crippen LogP contribution in [0.4, 0.5) is 11.4 Å². The minimum Gasteiger partial charge on any atom is -0.326 e. The molecule has 2 N–H and O–H groups in total. The smallest absolute Gasteiger partial charge is 0.256 e. The van der Waals surface area contributed by atoms with Crippen molar-refractivity contribution in [2.24, 2.45) is 13.0 Å². The molecule has 0 bridgehead atoms. The number of benzene rings is 1. The maximum Gasteiger partial charge on any atom is 0.256 e. The number of hydrogen-bond acceptors (Lipinski definition) is 4. The van der Waals surface area contributed by atoms with E-state index in [1.807, 2.05) is 53.8 Å². The second-order valence-electron chi connectivity index (χ2n) is 7.35. The van der Waals surface area contributed by atoms with Crippen LogP contribution in [-0.4, -0.2) is 26.6 Å². The highest BCUT2D eigenvalue weighted by Crippen LogP contribution is 2.25. The molecule has 7 nitrogen and oxygen atoms in total. The lowest BCUT2D eigenvalue weighted by atomic mass is 10.1. The van der Waals surface area contributed by atoms with Crippen LogP contribution in [0, 0.1) is 26.7 Å². The average Bonchev–Trinajstić information content (AvgIpc) is 2.90. The first-order valence-electron chi connectivity index (χ1n) is 9.21. The number of nitrogens with one attached hydrogen (secondary N) is 2. The van der Waals surface area contributed by atoms with Crippen molar-refractivity contribution in [3.05, 3.63) is 46.8 Å².